The Labute approximate surface area is 140 Å². The van der Waals surface area contributed by atoms with Crippen LogP contribution in [0, 0.1) is 5.82 Å². The van der Waals surface area contributed by atoms with Crippen LogP contribution in [0.3, 0.4) is 0 Å². The SMILES string of the molecule is CNc1ccc2cccnc2n1.O=Cc1cc(O)c(Br)cc1F. The van der Waals surface area contributed by atoms with Gasteiger partial charge in [-0.05, 0) is 52.3 Å². The van der Waals surface area contributed by atoms with Gasteiger partial charge in [-0.15, -0.1) is 0 Å². The van der Waals surface area contributed by atoms with Crippen molar-refractivity contribution >= 4 is 39.1 Å². The summed E-state index contributed by atoms with van der Waals surface area (Å²) in [5.74, 6) is 0.0550. The van der Waals surface area contributed by atoms with Crippen LogP contribution in [0.2, 0.25) is 0 Å². The van der Waals surface area contributed by atoms with Crippen molar-refractivity contribution in [3.63, 3.8) is 0 Å². The highest BCUT2D eigenvalue weighted by Gasteiger charge is 2.05. The Morgan fingerprint density at radius 2 is 2.09 bits per heavy atom. The van der Waals surface area contributed by atoms with Crippen LogP contribution >= 0.6 is 15.9 Å². The van der Waals surface area contributed by atoms with Gasteiger partial charge < -0.3 is 10.4 Å². The number of hydrogen-bond acceptors (Lipinski definition) is 5. The molecule has 0 aliphatic carbocycles. The van der Waals surface area contributed by atoms with Crippen LogP contribution in [0.15, 0.2) is 47.1 Å². The summed E-state index contributed by atoms with van der Waals surface area (Å²) >= 11 is 2.90. The molecule has 0 amide bonds. The maximum atomic E-state index is 12.7. The van der Waals surface area contributed by atoms with E-state index in [1.165, 1.54) is 0 Å². The minimum Gasteiger partial charge on any atom is -0.507 e. The first-order valence-corrected chi connectivity index (χ1v) is 7.37. The van der Waals surface area contributed by atoms with Crippen molar-refractivity contribution in [3.05, 3.63) is 58.4 Å². The lowest BCUT2D eigenvalue weighted by Crippen LogP contribution is -1.92. The molecule has 0 fully saturated rings. The fourth-order valence-corrected chi connectivity index (χ4v) is 2.05. The van der Waals surface area contributed by atoms with Crippen LogP contribution < -0.4 is 5.32 Å². The number of fused-ring (bicyclic) bond motifs is 1. The van der Waals surface area contributed by atoms with Gasteiger partial charge in [0.2, 0.25) is 0 Å². The van der Waals surface area contributed by atoms with E-state index in [2.05, 4.69) is 31.2 Å². The van der Waals surface area contributed by atoms with E-state index in [0.29, 0.717) is 6.29 Å². The summed E-state index contributed by atoms with van der Waals surface area (Å²) in [5.41, 5.74) is 0.634. The largest absolute Gasteiger partial charge is 0.507 e. The van der Waals surface area contributed by atoms with Crippen LogP contribution in [0.25, 0.3) is 11.0 Å². The summed E-state index contributed by atoms with van der Waals surface area (Å²) in [4.78, 5) is 18.5. The molecular formula is C16H13BrFN3O2. The molecule has 2 N–H and O–H groups in total. The molecule has 0 aliphatic heterocycles. The van der Waals surface area contributed by atoms with Crippen molar-refractivity contribution in [2.24, 2.45) is 0 Å². The fourth-order valence-electron chi connectivity index (χ4n) is 1.74. The number of aromatic nitrogens is 2. The predicted octanol–water partition coefficient (Wildman–Crippen LogP) is 3.78. The summed E-state index contributed by atoms with van der Waals surface area (Å²) < 4.78 is 12.9. The Morgan fingerprint density at radius 3 is 2.78 bits per heavy atom. The second-order valence-electron chi connectivity index (χ2n) is 4.44. The first kappa shape index (κ1) is 16.8. The van der Waals surface area contributed by atoms with Gasteiger partial charge in [-0.3, -0.25) is 4.79 Å². The van der Waals surface area contributed by atoms with Crippen LogP contribution in [-0.4, -0.2) is 28.4 Å². The first-order valence-electron chi connectivity index (χ1n) is 6.58. The van der Waals surface area contributed by atoms with Crippen molar-refractivity contribution in [2.75, 3.05) is 12.4 Å². The monoisotopic (exact) mass is 377 g/mol. The molecule has 7 heteroatoms. The lowest BCUT2D eigenvalue weighted by atomic mass is 10.2. The molecule has 3 rings (SSSR count). The summed E-state index contributed by atoms with van der Waals surface area (Å²) in [6.07, 6.45) is 2.09. The number of rotatable bonds is 2. The number of halogens is 2. The van der Waals surface area contributed by atoms with Gasteiger partial charge in [-0.25, -0.2) is 14.4 Å². The highest BCUT2D eigenvalue weighted by atomic mass is 79.9. The quantitative estimate of drug-likeness (QED) is 0.664. The van der Waals surface area contributed by atoms with Gasteiger partial charge in [0.15, 0.2) is 11.9 Å². The second kappa shape index (κ2) is 7.64. The maximum Gasteiger partial charge on any atom is 0.161 e. The number of pyridine rings is 2. The zero-order valence-electron chi connectivity index (χ0n) is 12.1. The van der Waals surface area contributed by atoms with E-state index in [9.17, 15) is 9.18 Å². The third-order valence-corrected chi connectivity index (χ3v) is 3.55. The van der Waals surface area contributed by atoms with Gasteiger partial charge in [-0.2, -0.15) is 0 Å². The smallest absolute Gasteiger partial charge is 0.161 e. The molecule has 0 aliphatic rings. The van der Waals surface area contributed by atoms with E-state index in [-0.39, 0.29) is 15.8 Å². The average Bonchev–Trinajstić information content (AvgIpc) is 2.58. The maximum absolute atomic E-state index is 12.7. The number of aldehydes is 1. The Bertz CT molecular complexity index is 843. The minimum atomic E-state index is -0.648. The standard InChI is InChI=1S/C9H9N3.C7H4BrFO2/c1-10-8-5-4-7-3-2-6-11-9(7)12-8;8-5-2-6(9)4(3-10)1-7(5)11/h2-6H,1H3,(H,10,11,12);1-3,11H. The van der Waals surface area contributed by atoms with Crippen LogP contribution in [-0.2, 0) is 0 Å². The summed E-state index contributed by atoms with van der Waals surface area (Å²) in [7, 11) is 1.84. The van der Waals surface area contributed by atoms with Crippen molar-refractivity contribution in [1.82, 2.24) is 9.97 Å². The second-order valence-corrected chi connectivity index (χ2v) is 5.29. The molecule has 0 bridgehead atoms. The van der Waals surface area contributed by atoms with Crippen molar-refractivity contribution in [3.8, 4) is 5.75 Å². The fraction of sp³-hybridized carbons (Fsp3) is 0.0625. The number of phenolic OH excluding ortho intramolecular Hbond substituents is 1. The van der Waals surface area contributed by atoms with Gasteiger partial charge in [0.1, 0.15) is 17.4 Å². The van der Waals surface area contributed by atoms with Crippen LogP contribution in [0.1, 0.15) is 10.4 Å². The average molecular weight is 378 g/mol. The summed E-state index contributed by atoms with van der Waals surface area (Å²) in [6.45, 7) is 0. The molecule has 1 aromatic carbocycles. The van der Waals surface area contributed by atoms with Crippen LogP contribution in [0.5, 0.6) is 5.75 Å². The van der Waals surface area contributed by atoms with E-state index >= 15 is 0 Å². The minimum absolute atomic E-state index is 0.145. The molecule has 0 saturated heterocycles. The zero-order chi connectivity index (χ0) is 16.8. The lowest BCUT2D eigenvalue weighted by molar-refractivity contribution is 0.111. The van der Waals surface area contributed by atoms with E-state index in [1.54, 1.807) is 6.20 Å². The molecule has 118 valence electrons. The molecule has 0 spiro atoms. The number of phenols is 1. The van der Waals surface area contributed by atoms with Gasteiger partial charge in [-0.1, -0.05) is 0 Å². The molecule has 0 atom stereocenters. The number of benzene rings is 1. The first-order chi connectivity index (χ1) is 11.0. The highest BCUT2D eigenvalue weighted by Crippen LogP contribution is 2.25. The lowest BCUT2D eigenvalue weighted by Gasteiger charge is -1.99. The molecule has 0 saturated carbocycles. The molecule has 5 nitrogen and oxygen atoms in total. The molecule has 0 unspecified atom stereocenters. The summed E-state index contributed by atoms with van der Waals surface area (Å²) in [6, 6.07) is 9.94. The number of carbonyl (C=O) groups is 1. The van der Waals surface area contributed by atoms with Crippen molar-refractivity contribution in [2.45, 2.75) is 0 Å². The normalized spacial score (nSPS) is 9.87. The molecule has 2 aromatic heterocycles. The molecule has 23 heavy (non-hydrogen) atoms. The Hall–Kier alpha value is -2.54. The molecule has 0 radical (unpaired) electrons. The van der Waals surface area contributed by atoms with Gasteiger partial charge in [0.25, 0.3) is 0 Å². The Morgan fingerprint density at radius 1 is 1.30 bits per heavy atom. The molecule has 2 heterocycles. The van der Waals surface area contributed by atoms with E-state index in [4.69, 9.17) is 5.11 Å². The van der Waals surface area contributed by atoms with Gasteiger partial charge in [0, 0.05) is 18.6 Å². The van der Waals surface area contributed by atoms with Gasteiger partial charge >= 0.3 is 0 Å². The van der Waals surface area contributed by atoms with E-state index in [0.717, 1.165) is 29.0 Å². The van der Waals surface area contributed by atoms with E-state index in [1.807, 2.05) is 31.3 Å². The van der Waals surface area contributed by atoms with Crippen molar-refractivity contribution in [1.29, 1.82) is 0 Å². The number of nitrogens with one attached hydrogen (secondary N) is 1. The predicted molar refractivity (Wildman–Crippen MR) is 90.2 cm³/mol. The Balaban J connectivity index is 0.000000168. The number of nitrogens with zero attached hydrogens (tertiary/aromatic N) is 2. The number of aromatic hydroxyl groups is 1. The highest BCUT2D eigenvalue weighted by molar-refractivity contribution is 9.10. The number of hydrogen-bond donors (Lipinski definition) is 2. The third kappa shape index (κ3) is 4.23. The summed E-state index contributed by atoms with van der Waals surface area (Å²) in [5, 5.41) is 13.0. The molecule has 3 aromatic rings. The van der Waals surface area contributed by atoms with Gasteiger partial charge in [0.05, 0.1) is 10.0 Å². The van der Waals surface area contributed by atoms with Crippen molar-refractivity contribution < 1.29 is 14.3 Å². The zero-order valence-corrected chi connectivity index (χ0v) is 13.7. The molecular weight excluding hydrogens is 365 g/mol. The van der Waals surface area contributed by atoms with Crippen LogP contribution in [0.4, 0.5) is 10.2 Å². The number of anilines is 1. The van der Waals surface area contributed by atoms with E-state index < -0.39 is 5.82 Å². The number of carbonyl (C=O) groups excluding carboxylic acids is 1. The topological polar surface area (TPSA) is 75.1 Å². The third-order valence-electron chi connectivity index (χ3n) is 2.91. The Kier molecular flexibility index (Phi) is 5.59.